The quantitative estimate of drug-likeness (QED) is 0.415. The normalized spacial score (nSPS) is 10.8. The molecule has 0 aliphatic carbocycles. The van der Waals surface area contributed by atoms with Gasteiger partial charge in [0.1, 0.15) is 5.69 Å². The Morgan fingerprint density at radius 3 is 2.50 bits per heavy atom. The zero-order valence-electron chi connectivity index (χ0n) is 11.9. The van der Waals surface area contributed by atoms with Gasteiger partial charge in [0, 0.05) is 26.8 Å². The number of hydrogen-bond acceptors (Lipinski definition) is 5. The van der Waals surface area contributed by atoms with Crippen molar-refractivity contribution >= 4 is 5.69 Å². The van der Waals surface area contributed by atoms with Gasteiger partial charge in [-0.25, -0.2) is 4.79 Å². The molecule has 0 aliphatic heterocycles. The molecule has 1 heterocycles. The van der Waals surface area contributed by atoms with Gasteiger partial charge < -0.3 is 4.74 Å². The maximum absolute atomic E-state index is 12.0. The monoisotopic (exact) mass is 285 g/mol. The highest BCUT2D eigenvalue weighted by molar-refractivity contribution is 5.31. The standard InChI is InChI=1S/C12H19N3O5/c1-4-7-20-8-5-6-14-11(16)10(15(18)19)9(2)13(3)12(14)17/h4-8H2,1-3H3. The first-order chi connectivity index (χ1) is 9.41. The molecule has 20 heavy (non-hydrogen) atoms. The van der Waals surface area contributed by atoms with Gasteiger partial charge in [-0.3, -0.25) is 24.0 Å². The van der Waals surface area contributed by atoms with Crippen LogP contribution in [0.1, 0.15) is 25.5 Å². The third kappa shape index (κ3) is 3.32. The van der Waals surface area contributed by atoms with Gasteiger partial charge >= 0.3 is 16.9 Å². The van der Waals surface area contributed by atoms with E-state index in [0.29, 0.717) is 19.6 Å². The first-order valence-electron chi connectivity index (χ1n) is 6.44. The first-order valence-corrected chi connectivity index (χ1v) is 6.44. The number of hydrogen-bond donors (Lipinski definition) is 0. The van der Waals surface area contributed by atoms with Crippen LogP contribution in [-0.4, -0.2) is 27.3 Å². The van der Waals surface area contributed by atoms with E-state index in [4.69, 9.17) is 4.74 Å². The zero-order valence-corrected chi connectivity index (χ0v) is 11.9. The van der Waals surface area contributed by atoms with E-state index in [1.807, 2.05) is 6.92 Å². The highest BCUT2D eigenvalue weighted by Gasteiger charge is 2.23. The van der Waals surface area contributed by atoms with Crippen molar-refractivity contribution in [3.05, 3.63) is 36.6 Å². The Morgan fingerprint density at radius 2 is 1.95 bits per heavy atom. The molecule has 1 aromatic rings. The van der Waals surface area contributed by atoms with Gasteiger partial charge in [-0.05, 0) is 19.8 Å². The molecule has 0 fully saturated rings. The second-order valence-electron chi connectivity index (χ2n) is 4.46. The largest absolute Gasteiger partial charge is 0.381 e. The number of nitrogens with zero attached hydrogens (tertiary/aromatic N) is 3. The third-order valence-electron chi connectivity index (χ3n) is 3.01. The van der Waals surface area contributed by atoms with Gasteiger partial charge in [-0.1, -0.05) is 6.92 Å². The fourth-order valence-corrected chi connectivity index (χ4v) is 1.83. The van der Waals surface area contributed by atoms with Crippen molar-refractivity contribution in [3.8, 4) is 0 Å². The zero-order chi connectivity index (χ0) is 15.3. The molecular weight excluding hydrogens is 266 g/mol. The van der Waals surface area contributed by atoms with E-state index in [1.54, 1.807) is 0 Å². The molecule has 0 radical (unpaired) electrons. The molecule has 0 aromatic carbocycles. The van der Waals surface area contributed by atoms with Crippen LogP contribution in [0.25, 0.3) is 0 Å². The highest BCUT2D eigenvalue weighted by Crippen LogP contribution is 2.08. The smallest absolute Gasteiger partial charge is 0.353 e. The summed E-state index contributed by atoms with van der Waals surface area (Å²) in [7, 11) is 1.41. The van der Waals surface area contributed by atoms with Crippen LogP contribution in [-0.2, 0) is 18.3 Å². The highest BCUT2D eigenvalue weighted by atomic mass is 16.6. The molecule has 8 heteroatoms. The number of rotatable bonds is 7. The van der Waals surface area contributed by atoms with Gasteiger partial charge in [-0.15, -0.1) is 0 Å². The topological polar surface area (TPSA) is 96.4 Å². The van der Waals surface area contributed by atoms with Crippen LogP contribution < -0.4 is 11.2 Å². The van der Waals surface area contributed by atoms with Crippen molar-refractivity contribution in [1.82, 2.24) is 9.13 Å². The van der Waals surface area contributed by atoms with Gasteiger partial charge in [0.25, 0.3) is 0 Å². The Hall–Kier alpha value is -1.96. The summed E-state index contributed by atoms with van der Waals surface area (Å²) in [4.78, 5) is 34.1. The molecule has 0 saturated heterocycles. The molecule has 0 atom stereocenters. The van der Waals surface area contributed by atoms with E-state index in [-0.39, 0.29) is 12.2 Å². The van der Waals surface area contributed by atoms with Crippen molar-refractivity contribution < 1.29 is 9.66 Å². The lowest BCUT2D eigenvalue weighted by molar-refractivity contribution is -0.387. The summed E-state index contributed by atoms with van der Waals surface area (Å²) in [6.07, 6.45) is 1.34. The van der Waals surface area contributed by atoms with Gasteiger partial charge in [0.05, 0.1) is 4.92 Å². The van der Waals surface area contributed by atoms with Crippen molar-refractivity contribution in [2.45, 2.75) is 33.2 Å². The second-order valence-corrected chi connectivity index (χ2v) is 4.46. The lowest BCUT2D eigenvalue weighted by Gasteiger charge is -2.10. The van der Waals surface area contributed by atoms with E-state index in [0.717, 1.165) is 15.6 Å². The van der Waals surface area contributed by atoms with Crippen LogP contribution in [0.3, 0.4) is 0 Å². The minimum atomic E-state index is -0.855. The summed E-state index contributed by atoms with van der Waals surface area (Å²) in [5.41, 5.74) is -1.90. The average molecular weight is 285 g/mol. The molecule has 0 aliphatic rings. The molecule has 112 valence electrons. The van der Waals surface area contributed by atoms with E-state index in [1.165, 1.54) is 14.0 Å². The van der Waals surface area contributed by atoms with Crippen LogP contribution in [0.15, 0.2) is 9.59 Å². The van der Waals surface area contributed by atoms with E-state index >= 15 is 0 Å². The summed E-state index contributed by atoms with van der Waals surface area (Å²) < 4.78 is 7.26. The molecule has 0 unspecified atom stereocenters. The Labute approximate surface area is 115 Å². The minimum Gasteiger partial charge on any atom is -0.381 e. The van der Waals surface area contributed by atoms with Crippen LogP contribution >= 0.6 is 0 Å². The number of aromatic nitrogens is 2. The fourth-order valence-electron chi connectivity index (χ4n) is 1.83. The van der Waals surface area contributed by atoms with Crippen LogP contribution in [0.2, 0.25) is 0 Å². The molecule has 0 saturated carbocycles. The molecule has 0 spiro atoms. The summed E-state index contributed by atoms with van der Waals surface area (Å²) in [6, 6.07) is 0. The lowest BCUT2D eigenvalue weighted by Crippen LogP contribution is -2.41. The predicted octanol–water partition coefficient (Wildman–Crippen LogP) is 0.580. The fraction of sp³-hybridized carbons (Fsp3) is 0.667. The van der Waals surface area contributed by atoms with Crippen LogP contribution in [0, 0.1) is 17.0 Å². The minimum absolute atomic E-state index is 0.0588. The van der Waals surface area contributed by atoms with Crippen LogP contribution in [0.5, 0.6) is 0 Å². The van der Waals surface area contributed by atoms with Crippen molar-refractivity contribution in [1.29, 1.82) is 0 Å². The summed E-state index contributed by atoms with van der Waals surface area (Å²) in [5, 5.41) is 10.9. The number of ether oxygens (including phenoxy) is 1. The molecule has 0 bridgehead atoms. The Morgan fingerprint density at radius 1 is 1.30 bits per heavy atom. The van der Waals surface area contributed by atoms with Crippen molar-refractivity contribution in [2.24, 2.45) is 7.05 Å². The molecule has 8 nitrogen and oxygen atoms in total. The summed E-state index contributed by atoms with van der Waals surface area (Å²) in [5.74, 6) is 0. The molecule has 0 N–H and O–H groups in total. The Bertz CT molecular complexity index is 602. The predicted molar refractivity (Wildman–Crippen MR) is 73.1 cm³/mol. The van der Waals surface area contributed by atoms with E-state index < -0.39 is 21.9 Å². The first kappa shape index (κ1) is 16.1. The van der Waals surface area contributed by atoms with Crippen LogP contribution in [0.4, 0.5) is 5.69 Å². The van der Waals surface area contributed by atoms with Crippen molar-refractivity contribution in [2.75, 3.05) is 13.2 Å². The lowest BCUT2D eigenvalue weighted by atomic mass is 10.3. The maximum atomic E-state index is 12.0. The average Bonchev–Trinajstić information content (AvgIpc) is 2.39. The van der Waals surface area contributed by atoms with Gasteiger partial charge in [0.2, 0.25) is 0 Å². The SMILES string of the molecule is CCCOCCCn1c(=O)c([N+](=O)[O-])c(C)n(C)c1=O. The molecule has 0 amide bonds. The van der Waals surface area contributed by atoms with E-state index in [9.17, 15) is 19.7 Å². The summed E-state index contributed by atoms with van der Waals surface area (Å²) >= 11 is 0. The Balaban J connectivity index is 3.05. The third-order valence-corrected chi connectivity index (χ3v) is 3.01. The van der Waals surface area contributed by atoms with E-state index in [2.05, 4.69) is 0 Å². The summed E-state index contributed by atoms with van der Waals surface area (Å²) in [6.45, 7) is 4.49. The van der Waals surface area contributed by atoms with Gasteiger partial charge in [0.15, 0.2) is 0 Å². The van der Waals surface area contributed by atoms with Crippen molar-refractivity contribution in [3.63, 3.8) is 0 Å². The molecular formula is C12H19N3O5. The maximum Gasteiger partial charge on any atom is 0.353 e. The molecule has 1 rings (SSSR count). The second kappa shape index (κ2) is 6.99. The Kier molecular flexibility index (Phi) is 5.63. The molecule has 1 aromatic heterocycles. The number of nitro groups is 1. The van der Waals surface area contributed by atoms with Gasteiger partial charge in [-0.2, -0.15) is 0 Å².